The average molecular weight is 1190 g/mol. The van der Waals surface area contributed by atoms with E-state index < -0.39 is 94.2 Å². The molecule has 2 N–H and O–H groups in total. The highest BCUT2D eigenvalue weighted by atomic mass is 35.5. The zero-order valence-electron chi connectivity index (χ0n) is 36.8. The number of sulfonamides is 2. The molecular formula is C43H28Cl6F6N8O9S2. The van der Waals surface area contributed by atoms with Gasteiger partial charge in [-0.05, 0) is 95.7 Å². The van der Waals surface area contributed by atoms with Gasteiger partial charge in [-0.3, -0.25) is 14.7 Å². The van der Waals surface area contributed by atoms with Crippen molar-refractivity contribution < 1.29 is 67.0 Å². The molecule has 31 heteroatoms. The number of nitrogens with zero attached hydrogens (tertiary/aromatic N) is 6. The molecule has 0 aliphatic carbocycles. The Kier molecular flexibility index (Phi) is 17.8. The largest absolute Gasteiger partial charge is 0.447 e. The molecular weight excluding hydrogens is 1160 g/mol. The number of carbonyl (C=O) groups is 2. The van der Waals surface area contributed by atoms with Crippen LogP contribution >= 0.6 is 69.8 Å². The molecule has 4 aromatic carbocycles. The number of alkyl halides is 6. The number of carbonyl (C=O) groups excluding carboxylic acids is 2. The lowest BCUT2D eigenvalue weighted by Crippen LogP contribution is -2.34. The number of aryl methyl sites for hydroxylation is 1. The van der Waals surface area contributed by atoms with Gasteiger partial charge < -0.3 is 14.2 Å². The number of nitrogens with one attached hydrogen (secondary N) is 2. The number of benzene rings is 4. The van der Waals surface area contributed by atoms with Crippen molar-refractivity contribution in [2.45, 2.75) is 41.3 Å². The normalized spacial score (nSPS) is 15.2. The predicted octanol–water partition coefficient (Wildman–Crippen LogP) is 13.4. The van der Waals surface area contributed by atoms with Crippen molar-refractivity contribution in [2.24, 2.45) is 15.1 Å². The highest BCUT2D eigenvalue weighted by molar-refractivity contribution is 7.93. The maximum absolute atomic E-state index is 13.6. The number of esters is 2. The van der Waals surface area contributed by atoms with Crippen LogP contribution in [-0.4, -0.2) is 52.6 Å². The van der Waals surface area contributed by atoms with Gasteiger partial charge in [0.1, 0.15) is 18.1 Å². The molecule has 0 bridgehead atoms. The summed E-state index contributed by atoms with van der Waals surface area (Å²) in [4.78, 5) is 31.8. The van der Waals surface area contributed by atoms with E-state index in [2.05, 4.69) is 41.5 Å². The third kappa shape index (κ3) is 12.4. The summed E-state index contributed by atoms with van der Waals surface area (Å²) in [5.74, 6) is -1.38. The molecule has 6 aromatic rings. The molecule has 4 heterocycles. The number of rotatable bonds is 11. The molecule has 390 valence electrons. The van der Waals surface area contributed by atoms with E-state index in [9.17, 15) is 52.8 Å². The zero-order valence-corrected chi connectivity index (χ0v) is 43.0. The molecule has 2 atom stereocenters. The molecule has 0 saturated carbocycles. The van der Waals surface area contributed by atoms with Gasteiger partial charge in [-0.25, -0.2) is 30.7 Å². The number of halogens is 12. The van der Waals surface area contributed by atoms with Gasteiger partial charge in [0.05, 0.1) is 70.3 Å². The summed E-state index contributed by atoms with van der Waals surface area (Å²) in [5, 5.41) is 4.18. The fourth-order valence-corrected chi connectivity index (χ4v) is 10.7. The SMILES string of the molecule is COCN(c1cc(C)cnc1C1OC(=O)c2cccc(Cl)c21)S(=O)(=O)c1ccc(Cl)c(C(F)(F)F)c1.N=NN=NCl.O=C1OC(c2ncc(Cl)cc2NS(=O)(=O)c2ccc(Cl)c(C(F)(F)F)c2)c2c(Cl)cccc21. The summed E-state index contributed by atoms with van der Waals surface area (Å²) in [5.41, 5.74) is 4.38. The fourth-order valence-electron chi connectivity index (χ4n) is 7.02. The number of cyclic esters (lactones) is 2. The van der Waals surface area contributed by atoms with Crippen molar-refractivity contribution in [2.75, 3.05) is 22.9 Å². The van der Waals surface area contributed by atoms with E-state index in [0.29, 0.717) is 23.3 Å². The topological polar surface area (TPSA) is 232 Å². The molecule has 0 fully saturated rings. The van der Waals surface area contributed by atoms with Crippen LogP contribution in [0.2, 0.25) is 25.1 Å². The van der Waals surface area contributed by atoms with Gasteiger partial charge >= 0.3 is 24.3 Å². The number of methoxy groups -OCH3 is 1. The van der Waals surface area contributed by atoms with Crippen molar-refractivity contribution in [3.8, 4) is 0 Å². The Labute approximate surface area is 445 Å². The van der Waals surface area contributed by atoms with Gasteiger partial charge in [0.25, 0.3) is 20.0 Å². The maximum atomic E-state index is 13.6. The lowest BCUT2D eigenvalue weighted by atomic mass is 10.0. The van der Waals surface area contributed by atoms with Gasteiger partial charge in [-0.2, -0.15) is 31.9 Å². The number of pyridine rings is 2. The highest BCUT2D eigenvalue weighted by Gasteiger charge is 2.42. The predicted molar refractivity (Wildman–Crippen MR) is 257 cm³/mol. The molecule has 0 spiro atoms. The minimum atomic E-state index is -4.89. The molecule has 0 amide bonds. The zero-order chi connectivity index (χ0) is 54.7. The number of anilines is 2. The van der Waals surface area contributed by atoms with Crippen LogP contribution in [0.3, 0.4) is 0 Å². The van der Waals surface area contributed by atoms with Crippen LogP contribution in [0.5, 0.6) is 0 Å². The van der Waals surface area contributed by atoms with E-state index in [-0.39, 0.29) is 54.5 Å². The quantitative estimate of drug-likeness (QED) is 0.0407. The van der Waals surface area contributed by atoms with E-state index in [4.69, 9.17) is 77.7 Å². The second kappa shape index (κ2) is 22.9. The minimum absolute atomic E-state index is 0.00596. The van der Waals surface area contributed by atoms with Crippen molar-refractivity contribution >= 4 is 113 Å². The van der Waals surface area contributed by atoms with E-state index in [0.717, 1.165) is 28.6 Å². The number of fused-ring (bicyclic) bond motifs is 2. The van der Waals surface area contributed by atoms with Crippen LogP contribution in [0.25, 0.3) is 0 Å². The summed E-state index contributed by atoms with van der Waals surface area (Å²) in [6.07, 6.45) is -9.47. The van der Waals surface area contributed by atoms with Crippen LogP contribution in [0, 0.1) is 12.5 Å². The molecule has 2 aliphatic rings. The Balaban J connectivity index is 0.000000221. The van der Waals surface area contributed by atoms with Crippen LogP contribution in [0.4, 0.5) is 37.7 Å². The summed E-state index contributed by atoms with van der Waals surface area (Å²) in [6.45, 7) is 1.06. The molecule has 0 radical (unpaired) electrons. The van der Waals surface area contributed by atoms with Crippen LogP contribution in [0.15, 0.2) is 122 Å². The second-order valence-corrected chi connectivity index (χ2v) is 20.7. The lowest BCUT2D eigenvalue weighted by molar-refractivity contribution is -0.138. The standard InChI is InChI=1S/C23H17Cl2F3N2O5S.C20H10Cl3F3N2O4S.ClHN4/c1-12-8-18(20(29-10-12)21-19-14(22(31)35-21)4-3-5-17(19)25)30(11-34-2)36(32,33)13-6-7-16(24)15(9-13)23(26,27)28;21-9-6-15(28-33(30,31)10-4-5-13(22)12(7-10)20(24,25)26)17(27-8-9)18-16-11(19(29)32-18)2-1-3-14(16)23;1-3-5-4-2/h3-10,21H,11H2,1-2H3;1-8,18,28H;2H. The molecule has 2 aliphatic heterocycles. The molecule has 2 aromatic heterocycles. The number of aromatic nitrogens is 2. The first-order chi connectivity index (χ1) is 34.7. The molecule has 74 heavy (non-hydrogen) atoms. The van der Waals surface area contributed by atoms with Crippen molar-refractivity contribution in [1.82, 2.24) is 9.97 Å². The van der Waals surface area contributed by atoms with Crippen molar-refractivity contribution in [3.05, 3.63) is 173 Å². The monoisotopic (exact) mass is 1190 g/mol. The Morgan fingerprint density at radius 3 is 1.70 bits per heavy atom. The molecule has 8 rings (SSSR count). The van der Waals surface area contributed by atoms with E-state index in [1.165, 1.54) is 49.8 Å². The molecule has 2 unspecified atom stereocenters. The fraction of sp³-hybridized carbons (Fsp3) is 0.163. The van der Waals surface area contributed by atoms with Gasteiger partial charge in [0.2, 0.25) is 0 Å². The average Bonchev–Trinajstić information content (AvgIpc) is 3.85. The summed E-state index contributed by atoms with van der Waals surface area (Å²) in [6, 6.07) is 16.2. The van der Waals surface area contributed by atoms with Crippen LogP contribution in [-0.2, 0) is 46.6 Å². The third-order valence-electron chi connectivity index (χ3n) is 10.2. The van der Waals surface area contributed by atoms with Gasteiger partial charge in [0, 0.05) is 40.7 Å². The summed E-state index contributed by atoms with van der Waals surface area (Å²) < 4.78 is 154. The van der Waals surface area contributed by atoms with Crippen LogP contribution < -0.4 is 9.03 Å². The minimum Gasteiger partial charge on any atom is -0.447 e. The van der Waals surface area contributed by atoms with Crippen LogP contribution in [0.1, 0.15) is 72.1 Å². The van der Waals surface area contributed by atoms with Gasteiger partial charge in [-0.15, -0.1) is 0 Å². The number of ether oxygens (including phenoxy) is 3. The lowest BCUT2D eigenvalue weighted by Gasteiger charge is -2.27. The third-order valence-corrected chi connectivity index (χ3v) is 14.8. The van der Waals surface area contributed by atoms with E-state index >= 15 is 0 Å². The Bertz CT molecular complexity index is 3460. The Hall–Kier alpha value is -5.90. The second-order valence-electron chi connectivity index (χ2n) is 14.9. The summed E-state index contributed by atoms with van der Waals surface area (Å²) in [7, 11) is -7.99. The summed E-state index contributed by atoms with van der Waals surface area (Å²) >= 11 is 34.3. The number of hydrogen-bond donors (Lipinski definition) is 2. The first-order valence-electron chi connectivity index (χ1n) is 19.9. The van der Waals surface area contributed by atoms with Crippen molar-refractivity contribution in [1.29, 1.82) is 5.53 Å². The first-order valence-corrected chi connectivity index (χ1v) is 25.1. The molecule has 17 nitrogen and oxygen atoms in total. The highest BCUT2D eigenvalue weighted by Crippen LogP contribution is 2.46. The van der Waals surface area contributed by atoms with E-state index in [1.54, 1.807) is 25.1 Å². The Morgan fingerprint density at radius 2 is 1.22 bits per heavy atom. The van der Waals surface area contributed by atoms with E-state index in [1.807, 2.05) is 0 Å². The molecule has 0 saturated heterocycles. The van der Waals surface area contributed by atoms with Gasteiger partial charge in [0.15, 0.2) is 12.2 Å². The van der Waals surface area contributed by atoms with Gasteiger partial charge in [-0.1, -0.05) is 74.8 Å². The smallest absolute Gasteiger partial charge is 0.417 e. The maximum Gasteiger partial charge on any atom is 0.417 e. The first kappa shape index (κ1) is 57.4. The Morgan fingerprint density at radius 1 is 0.716 bits per heavy atom. The van der Waals surface area contributed by atoms with Crippen molar-refractivity contribution in [3.63, 3.8) is 0 Å². The number of hydrogen-bond acceptors (Lipinski definition) is 13.